The molecule has 0 unspecified atom stereocenters. The predicted octanol–water partition coefficient (Wildman–Crippen LogP) is 16.6. The van der Waals surface area contributed by atoms with Crippen LogP contribution in [0.5, 0.6) is 0 Å². The Balaban J connectivity index is 1.18. The molecule has 0 saturated carbocycles. The van der Waals surface area contributed by atoms with Gasteiger partial charge in [-0.15, -0.1) is 0 Å². The van der Waals surface area contributed by atoms with Crippen LogP contribution in [0.3, 0.4) is 0 Å². The summed E-state index contributed by atoms with van der Waals surface area (Å²) in [5.74, 6) is 0. The van der Waals surface area contributed by atoms with E-state index in [1.165, 1.54) is 111 Å². The summed E-state index contributed by atoms with van der Waals surface area (Å²) in [4.78, 5) is 2.50. The molecule has 62 heavy (non-hydrogen) atoms. The third-order valence-corrected chi connectivity index (χ3v) is 14.0. The van der Waals surface area contributed by atoms with Gasteiger partial charge in [0.25, 0.3) is 0 Å². The van der Waals surface area contributed by atoms with E-state index in [2.05, 4.69) is 238 Å². The van der Waals surface area contributed by atoms with E-state index in [0.717, 1.165) is 5.69 Å². The maximum atomic E-state index is 3.93. The van der Waals surface area contributed by atoms with Gasteiger partial charge in [0.1, 0.15) is 0 Å². The number of anilines is 5. The van der Waals surface area contributed by atoms with Gasteiger partial charge in [0.15, 0.2) is 0 Å². The van der Waals surface area contributed by atoms with Crippen molar-refractivity contribution in [3.8, 4) is 33.4 Å². The molecule has 0 saturated heterocycles. The zero-order valence-corrected chi connectivity index (χ0v) is 35.5. The second-order valence-corrected chi connectivity index (χ2v) is 18.2. The molecule has 10 aromatic rings. The van der Waals surface area contributed by atoms with Gasteiger partial charge in [0.05, 0.1) is 17.1 Å². The number of fused-ring (bicyclic) bond motifs is 7. The topological polar surface area (TPSA) is 15.3 Å². The van der Waals surface area contributed by atoms with E-state index in [1.807, 2.05) is 0 Å². The van der Waals surface area contributed by atoms with Gasteiger partial charge in [-0.05, 0) is 113 Å². The Morgan fingerprint density at radius 1 is 0.387 bits per heavy atom. The molecule has 2 heterocycles. The SMILES string of the molecule is CC1(C)c2ccccc2Nc2c(-c3cccc4c(-c5ccc6ccccc6c5)c5cccc(-c6cccc7c6N(c6ccccc6)c6ccccc6C7(C)C)c5cc34)cccc21. The van der Waals surface area contributed by atoms with Crippen LogP contribution in [0.1, 0.15) is 49.9 Å². The lowest BCUT2D eigenvalue weighted by atomic mass is 9.72. The molecule has 0 atom stereocenters. The fourth-order valence-corrected chi connectivity index (χ4v) is 11.0. The first-order valence-electron chi connectivity index (χ1n) is 21.9. The maximum Gasteiger partial charge on any atom is 0.0581 e. The molecule has 0 bridgehead atoms. The fourth-order valence-electron chi connectivity index (χ4n) is 11.0. The van der Waals surface area contributed by atoms with Gasteiger partial charge in [-0.25, -0.2) is 0 Å². The second kappa shape index (κ2) is 13.5. The van der Waals surface area contributed by atoms with Gasteiger partial charge in [0, 0.05) is 33.3 Å². The summed E-state index contributed by atoms with van der Waals surface area (Å²) in [6.45, 7) is 9.47. The van der Waals surface area contributed by atoms with Crippen LogP contribution in [0.4, 0.5) is 28.4 Å². The van der Waals surface area contributed by atoms with E-state index in [-0.39, 0.29) is 10.8 Å². The number of hydrogen-bond acceptors (Lipinski definition) is 2. The number of nitrogens with one attached hydrogen (secondary N) is 1. The first kappa shape index (κ1) is 36.4. The molecule has 2 aliphatic rings. The fraction of sp³-hybridized carbons (Fsp3) is 0.100. The van der Waals surface area contributed by atoms with Gasteiger partial charge < -0.3 is 10.2 Å². The van der Waals surface area contributed by atoms with Crippen LogP contribution in [0, 0.1) is 0 Å². The molecule has 1 N–H and O–H groups in total. The minimum atomic E-state index is -0.223. The molecule has 0 fully saturated rings. The van der Waals surface area contributed by atoms with Crippen molar-refractivity contribution in [3.05, 3.63) is 222 Å². The Morgan fingerprint density at radius 2 is 0.952 bits per heavy atom. The lowest BCUT2D eigenvalue weighted by Gasteiger charge is -2.43. The van der Waals surface area contributed by atoms with Crippen LogP contribution in [-0.2, 0) is 10.8 Å². The summed E-state index contributed by atoms with van der Waals surface area (Å²) < 4.78 is 0. The van der Waals surface area contributed by atoms with Crippen LogP contribution >= 0.6 is 0 Å². The van der Waals surface area contributed by atoms with E-state index in [1.54, 1.807) is 0 Å². The Morgan fingerprint density at radius 3 is 1.73 bits per heavy atom. The smallest absolute Gasteiger partial charge is 0.0581 e. The second-order valence-electron chi connectivity index (χ2n) is 18.2. The predicted molar refractivity (Wildman–Crippen MR) is 264 cm³/mol. The highest BCUT2D eigenvalue weighted by molar-refractivity contribution is 6.20. The maximum absolute atomic E-state index is 3.93. The van der Waals surface area contributed by atoms with Crippen LogP contribution in [0.2, 0.25) is 0 Å². The number of rotatable bonds is 4. The van der Waals surface area contributed by atoms with Crippen LogP contribution in [-0.4, -0.2) is 0 Å². The van der Waals surface area contributed by atoms with Crippen molar-refractivity contribution in [3.63, 3.8) is 0 Å². The molecule has 0 radical (unpaired) electrons. The minimum absolute atomic E-state index is 0.169. The number of benzene rings is 10. The van der Waals surface area contributed by atoms with Crippen LogP contribution < -0.4 is 10.2 Å². The number of nitrogens with zero attached hydrogens (tertiary/aromatic N) is 1. The molecule has 2 aliphatic heterocycles. The average Bonchev–Trinajstić information content (AvgIpc) is 3.30. The standard InChI is InChI=1S/C60H46N2/c1-59(2)50-28-10-12-32-54(50)61-57-46(26-16-30-52(57)59)42-22-14-24-44-48(42)37-49-43(23-15-25-45(49)56(44)40-35-34-38-18-8-9-19-39(38)36-40)47-27-17-31-53-58(47)62(41-20-6-5-7-21-41)55-33-13-11-29-51(55)60(53,3)4/h5-37,61H,1-4H3. The quantitative estimate of drug-likeness (QED) is 0.179. The first-order valence-corrected chi connectivity index (χ1v) is 21.9. The largest absolute Gasteiger partial charge is 0.355 e. The lowest BCUT2D eigenvalue weighted by molar-refractivity contribution is 0.632. The van der Waals surface area contributed by atoms with Crippen LogP contribution in [0.15, 0.2) is 200 Å². The Labute approximate surface area is 363 Å². The number of para-hydroxylation sites is 5. The minimum Gasteiger partial charge on any atom is -0.355 e. The third-order valence-electron chi connectivity index (χ3n) is 14.0. The summed E-state index contributed by atoms with van der Waals surface area (Å²) in [5.41, 5.74) is 18.2. The summed E-state index contributed by atoms with van der Waals surface area (Å²) in [5, 5.41) is 11.4. The van der Waals surface area contributed by atoms with Gasteiger partial charge in [-0.1, -0.05) is 191 Å². The highest BCUT2D eigenvalue weighted by Gasteiger charge is 2.39. The van der Waals surface area contributed by atoms with Crippen molar-refractivity contribution in [1.82, 2.24) is 0 Å². The Hall–Kier alpha value is -7.42. The zero-order valence-electron chi connectivity index (χ0n) is 35.5. The van der Waals surface area contributed by atoms with Crippen molar-refractivity contribution in [2.45, 2.75) is 38.5 Å². The monoisotopic (exact) mass is 794 g/mol. The summed E-state index contributed by atoms with van der Waals surface area (Å²) in [7, 11) is 0. The van der Waals surface area contributed by atoms with Gasteiger partial charge in [0.2, 0.25) is 0 Å². The summed E-state index contributed by atoms with van der Waals surface area (Å²) >= 11 is 0. The lowest BCUT2D eigenvalue weighted by Crippen LogP contribution is -2.31. The van der Waals surface area contributed by atoms with Crippen molar-refractivity contribution in [1.29, 1.82) is 0 Å². The van der Waals surface area contributed by atoms with Crippen molar-refractivity contribution in [2.24, 2.45) is 0 Å². The van der Waals surface area contributed by atoms with E-state index in [0.29, 0.717) is 0 Å². The molecule has 12 rings (SSSR count). The molecular formula is C60H46N2. The molecule has 0 spiro atoms. The molecule has 0 amide bonds. The van der Waals surface area contributed by atoms with Crippen molar-refractivity contribution >= 4 is 60.8 Å². The summed E-state index contributed by atoms with van der Waals surface area (Å²) in [6.07, 6.45) is 0. The Kier molecular flexibility index (Phi) is 7.96. The molecule has 10 aromatic carbocycles. The van der Waals surface area contributed by atoms with E-state index in [4.69, 9.17) is 0 Å². The molecule has 0 aromatic heterocycles. The van der Waals surface area contributed by atoms with Gasteiger partial charge in [-0.3, -0.25) is 0 Å². The van der Waals surface area contributed by atoms with Gasteiger partial charge in [-0.2, -0.15) is 0 Å². The molecule has 0 aliphatic carbocycles. The first-order chi connectivity index (χ1) is 30.3. The molecular weight excluding hydrogens is 749 g/mol. The highest BCUT2D eigenvalue weighted by Crippen LogP contribution is 2.56. The molecule has 2 heteroatoms. The van der Waals surface area contributed by atoms with Crippen molar-refractivity contribution in [2.75, 3.05) is 10.2 Å². The molecule has 2 nitrogen and oxygen atoms in total. The highest BCUT2D eigenvalue weighted by atomic mass is 15.2. The van der Waals surface area contributed by atoms with E-state index < -0.39 is 0 Å². The zero-order chi connectivity index (χ0) is 41.7. The van der Waals surface area contributed by atoms with Gasteiger partial charge >= 0.3 is 0 Å². The summed E-state index contributed by atoms with van der Waals surface area (Å²) in [6, 6.07) is 74.5. The Bertz CT molecular complexity index is 3450. The van der Waals surface area contributed by atoms with Crippen LogP contribution in [0.25, 0.3) is 65.7 Å². The van der Waals surface area contributed by atoms with E-state index in [9.17, 15) is 0 Å². The van der Waals surface area contributed by atoms with Crippen molar-refractivity contribution < 1.29 is 0 Å². The van der Waals surface area contributed by atoms with E-state index >= 15 is 0 Å². The normalized spacial score (nSPS) is 14.5. The third kappa shape index (κ3) is 5.29. The number of hydrogen-bond donors (Lipinski definition) is 1. The molecule has 296 valence electrons. The average molecular weight is 795 g/mol.